The third-order valence-electron chi connectivity index (χ3n) is 6.60. The summed E-state index contributed by atoms with van der Waals surface area (Å²) in [5.74, 6) is -4.79. The Labute approximate surface area is 219 Å². The van der Waals surface area contributed by atoms with E-state index >= 15 is 8.78 Å². The molecule has 1 N–H and O–H groups in total. The number of carbonyl (C=O) groups excluding carboxylic acids is 1. The molecule has 1 aliphatic heterocycles. The zero-order valence-corrected chi connectivity index (χ0v) is 20.3. The number of hydrogen-bond acceptors (Lipinski definition) is 5. The van der Waals surface area contributed by atoms with Crippen molar-refractivity contribution in [1.29, 1.82) is 0 Å². The van der Waals surface area contributed by atoms with Gasteiger partial charge < -0.3 is 19.3 Å². The number of ether oxygens (including phenoxy) is 3. The van der Waals surface area contributed by atoms with Gasteiger partial charge in [0.15, 0.2) is 6.10 Å². The molecule has 0 aliphatic carbocycles. The maximum absolute atomic E-state index is 15.0. The highest BCUT2D eigenvalue weighted by atomic mass is 19.3. The minimum Gasteiger partial charge on any atom is -0.449 e. The van der Waals surface area contributed by atoms with Crippen molar-refractivity contribution < 1.29 is 32.9 Å². The molecule has 1 fully saturated rings. The first-order chi connectivity index (χ1) is 18.4. The van der Waals surface area contributed by atoms with Crippen LogP contribution in [0.4, 0.5) is 8.78 Å². The first-order valence-electron chi connectivity index (χ1n) is 12.2. The van der Waals surface area contributed by atoms with Crippen molar-refractivity contribution in [3.05, 3.63) is 144 Å². The molecule has 0 amide bonds. The molecule has 3 atom stereocenters. The van der Waals surface area contributed by atoms with Crippen LogP contribution in [0, 0.1) is 0 Å². The van der Waals surface area contributed by atoms with Gasteiger partial charge in [0, 0.05) is 0 Å². The lowest BCUT2D eigenvalue weighted by atomic mass is 9.80. The smallest absolute Gasteiger partial charge is 0.338 e. The predicted molar refractivity (Wildman–Crippen MR) is 137 cm³/mol. The monoisotopic (exact) mass is 516 g/mol. The summed E-state index contributed by atoms with van der Waals surface area (Å²) in [5.41, 5.74) is 1.20. The van der Waals surface area contributed by atoms with Gasteiger partial charge in [0.05, 0.1) is 12.2 Å². The summed E-state index contributed by atoms with van der Waals surface area (Å²) in [5, 5.41) is 10.0. The lowest BCUT2D eigenvalue weighted by Crippen LogP contribution is -2.45. The Morgan fingerprint density at radius 2 is 1.18 bits per heavy atom. The van der Waals surface area contributed by atoms with E-state index in [1.54, 1.807) is 18.2 Å². The standard InChI is InChI=1S/C31H26F2O5/c32-31(33)27(38-28(34)22-13-5-1-6-14-22)26(37-29(31)35)21-36-30(23-15-7-2-8-16-23,24-17-9-3-10-18-24)25-19-11-4-12-20-25/h1-20,26-27,29,35H,21H2/t26-,27-,29?/m1/s1. The van der Waals surface area contributed by atoms with E-state index in [2.05, 4.69) is 0 Å². The molecule has 0 saturated carbocycles. The summed E-state index contributed by atoms with van der Waals surface area (Å²) in [6.45, 7) is -0.405. The second-order valence-corrected chi connectivity index (χ2v) is 8.98. The number of benzene rings is 4. The minimum absolute atomic E-state index is 0.108. The molecule has 0 bridgehead atoms. The van der Waals surface area contributed by atoms with Crippen LogP contribution in [-0.2, 0) is 19.8 Å². The fraction of sp³-hybridized carbons (Fsp3) is 0.194. The second kappa shape index (κ2) is 10.8. The van der Waals surface area contributed by atoms with Crippen LogP contribution < -0.4 is 0 Å². The average molecular weight is 517 g/mol. The topological polar surface area (TPSA) is 65.0 Å². The number of rotatable bonds is 8. The van der Waals surface area contributed by atoms with Gasteiger partial charge in [-0.25, -0.2) is 4.79 Å². The van der Waals surface area contributed by atoms with Gasteiger partial charge in [-0.05, 0) is 28.8 Å². The molecule has 0 radical (unpaired) electrons. The Morgan fingerprint density at radius 1 is 0.763 bits per heavy atom. The molecule has 5 nitrogen and oxygen atoms in total. The molecule has 0 spiro atoms. The van der Waals surface area contributed by atoms with Crippen molar-refractivity contribution in [2.24, 2.45) is 0 Å². The summed E-state index contributed by atoms with van der Waals surface area (Å²) >= 11 is 0. The molecule has 1 saturated heterocycles. The summed E-state index contributed by atoms with van der Waals surface area (Å²) in [6.07, 6.45) is -5.96. The lowest BCUT2D eigenvalue weighted by Gasteiger charge is -2.37. The van der Waals surface area contributed by atoms with Crippen molar-refractivity contribution in [3.63, 3.8) is 0 Å². The van der Waals surface area contributed by atoms with Crippen LogP contribution in [0.25, 0.3) is 0 Å². The fourth-order valence-electron chi connectivity index (χ4n) is 4.73. The first kappa shape index (κ1) is 25.7. The van der Waals surface area contributed by atoms with Crippen molar-refractivity contribution in [2.45, 2.75) is 30.0 Å². The van der Waals surface area contributed by atoms with Crippen molar-refractivity contribution >= 4 is 5.97 Å². The van der Waals surface area contributed by atoms with E-state index in [1.807, 2.05) is 91.0 Å². The highest BCUT2D eigenvalue weighted by Gasteiger charge is 2.61. The molecule has 4 aromatic rings. The first-order valence-corrected chi connectivity index (χ1v) is 12.2. The van der Waals surface area contributed by atoms with Crippen LogP contribution >= 0.6 is 0 Å². The largest absolute Gasteiger partial charge is 0.449 e. The molecule has 194 valence electrons. The Bertz CT molecular complexity index is 1240. The van der Waals surface area contributed by atoms with Gasteiger partial charge in [-0.3, -0.25) is 0 Å². The summed E-state index contributed by atoms with van der Waals surface area (Å²) in [4.78, 5) is 12.7. The Morgan fingerprint density at radius 3 is 1.63 bits per heavy atom. The Hall–Kier alpha value is -3.91. The van der Waals surface area contributed by atoms with Crippen LogP contribution in [-0.4, -0.2) is 42.1 Å². The Balaban J connectivity index is 1.52. The normalized spacial score (nSPS) is 20.7. The number of aliphatic hydroxyl groups excluding tert-OH is 1. The molecular weight excluding hydrogens is 490 g/mol. The van der Waals surface area contributed by atoms with Gasteiger partial charge in [-0.1, -0.05) is 109 Å². The fourth-order valence-corrected chi connectivity index (χ4v) is 4.73. The van der Waals surface area contributed by atoms with E-state index in [0.29, 0.717) is 0 Å². The second-order valence-electron chi connectivity index (χ2n) is 8.98. The quantitative estimate of drug-likeness (QED) is 0.245. The molecule has 1 heterocycles. The van der Waals surface area contributed by atoms with Gasteiger partial charge in [0.1, 0.15) is 11.7 Å². The zero-order valence-electron chi connectivity index (χ0n) is 20.3. The molecular formula is C31H26F2O5. The SMILES string of the molecule is O=C(O[C@@H]1[C@@H](COC(c2ccccc2)(c2ccccc2)c2ccccc2)OC(O)C1(F)F)c1ccccc1. The zero-order chi connectivity index (χ0) is 26.6. The summed E-state index contributed by atoms with van der Waals surface area (Å²) < 4.78 is 47.0. The number of aliphatic hydroxyl groups is 1. The number of esters is 1. The molecule has 1 unspecified atom stereocenters. The average Bonchev–Trinajstić information content (AvgIpc) is 3.18. The van der Waals surface area contributed by atoms with Crippen molar-refractivity contribution in [1.82, 2.24) is 0 Å². The third-order valence-corrected chi connectivity index (χ3v) is 6.60. The highest BCUT2D eigenvalue weighted by molar-refractivity contribution is 5.89. The molecule has 1 aliphatic rings. The number of hydrogen-bond donors (Lipinski definition) is 1. The number of halogens is 2. The summed E-state index contributed by atoms with van der Waals surface area (Å²) in [6, 6.07) is 36.0. The van der Waals surface area contributed by atoms with Gasteiger partial charge in [0.2, 0.25) is 6.29 Å². The number of carbonyl (C=O) groups is 1. The van der Waals surface area contributed by atoms with Crippen LogP contribution in [0.1, 0.15) is 27.0 Å². The van der Waals surface area contributed by atoms with Gasteiger partial charge in [0.25, 0.3) is 0 Å². The van der Waals surface area contributed by atoms with E-state index in [9.17, 15) is 9.90 Å². The van der Waals surface area contributed by atoms with Gasteiger partial charge in [-0.2, -0.15) is 8.78 Å². The Kier molecular flexibility index (Phi) is 7.33. The van der Waals surface area contributed by atoms with Crippen LogP contribution in [0.15, 0.2) is 121 Å². The van der Waals surface area contributed by atoms with Gasteiger partial charge >= 0.3 is 11.9 Å². The molecule has 7 heteroatoms. The van der Waals surface area contributed by atoms with Crippen LogP contribution in [0.3, 0.4) is 0 Å². The van der Waals surface area contributed by atoms with Gasteiger partial charge in [-0.15, -0.1) is 0 Å². The highest BCUT2D eigenvalue weighted by Crippen LogP contribution is 2.43. The molecule has 4 aromatic carbocycles. The molecule has 38 heavy (non-hydrogen) atoms. The van der Waals surface area contributed by atoms with Crippen LogP contribution in [0.5, 0.6) is 0 Å². The minimum atomic E-state index is -3.84. The number of alkyl halides is 2. The van der Waals surface area contributed by atoms with E-state index in [4.69, 9.17) is 14.2 Å². The van der Waals surface area contributed by atoms with Crippen molar-refractivity contribution in [3.8, 4) is 0 Å². The van der Waals surface area contributed by atoms with Crippen LogP contribution in [0.2, 0.25) is 0 Å². The van der Waals surface area contributed by atoms with E-state index in [1.165, 1.54) is 12.1 Å². The van der Waals surface area contributed by atoms with E-state index in [0.717, 1.165) is 16.7 Å². The summed E-state index contributed by atoms with van der Waals surface area (Å²) in [7, 11) is 0. The predicted octanol–water partition coefficient (Wildman–Crippen LogP) is 5.57. The molecule has 5 rings (SSSR count). The maximum Gasteiger partial charge on any atom is 0.338 e. The molecule has 0 aromatic heterocycles. The maximum atomic E-state index is 15.0. The lowest BCUT2D eigenvalue weighted by molar-refractivity contribution is -0.200. The van der Waals surface area contributed by atoms with E-state index < -0.39 is 42.6 Å². The third kappa shape index (κ3) is 4.84. The van der Waals surface area contributed by atoms with E-state index in [-0.39, 0.29) is 5.56 Å². The van der Waals surface area contributed by atoms with Crippen molar-refractivity contribution in [2.75, 3.05) is 6.61 Å².